The summed E-state index contributed by atoms with van der Waals surface area (Å²) in [7, 11) is 1.89. The van der Waals surface area contributed by atoms with E-state index in [0.717, 1.165) is 11.2 Å². The van der Waals surface area contributed by atoms with E-state index < -0.39 is 0 Å². The number of nitrogens with zero attached hydrogens (tertiary/aromatic N) is 1. The molecule has 1 aromatic rings. The summed E-state index contributed by atoms with van der Waals surface area (Å²) in [5, 5.41) is 12.2. The Kier molecular flexibility index (Phi) is 4.12. The van der Waals surface area contributed by atoms with Crippen LogP contribution < -0.4 is 10.7 Å². The molecule has 15 heavy (non-hydrogen) atoms. The first-order valence-electron chi connectivity index (χ1n) is 4.89. The topological polar surface area (TPSA) is 54.3 Å². The lowest BCUT2D eigenvalue weighted by atomic mass is 10.2. The Bertz CT molecular complexity index is 396. The second-order valence-electron chi connectivity index (χ2n) is 3.47. The van der Waals surface area contributed by atoms with Crippen LogP contribution in [-0.4, -0.2) is 23.0 Å². The van der Waals surface area contributed by atoms with E-state index >= 15 is 0 Å². The number of hydrogen-bond acceptors (Lipinski definition) is 3. The Balaban J connectivity index is 2.72. The summed E-state index contributed by atoms with van der Waals surface area (Å²) in [6.45, 7) is 2.06. The van der Waals surface area contributed by atoms with Crippen LogP contribution in [0.3, 0.4) is 0 Å². The lowest BCUT2D eigenvalue weighted by molar-refractivity contribution is 0.184. The van der Waals surface area contributed by atoms with Crippen molar-refractivity contribution in [3.63, 3.8) is 0 Å². The van der Waals surface area contributed by atoms with Crippen LogP contribution in [0.5, 0.6) is 0 Å². The Morgan fingerprint density at radius 2 is 2.40 bits per heavy atom. The molecule has 0 amide bonds. The van der Waals surface area contributed by atoms with Crippen molar-refractivity contribution in [2.24, 2.45) is 0 Å². The first-order chi connectivity index (χ1) is 7.13. The van der Waals surface area contributed by atoms with Gasteiger partial charge in [-0.05, 0) is 20.4 Å². The predicted molar refractivity (Wildman–Crippen MR) is 60.1 cm³/mol. The number of rotatable bonds is 4. The highest BCUT2D eigenvalue weighted by Crippen LogP contribution is 1.98. The molecular formula is C11H16N2O2. The first-order valence-corrected chi connectivity index (χ1v) is 4.89. The van der Waals surface area contributed by atoms with Gasteiger partial charge in [-0.25, -0.2) is 4.73 Å². The molecule has 1 heterocycles. The Hall–Kier alpha value is -1.55. The van der Waals surface area contributed by atoms with Crippen LogP contribution in [-0.2, 0) is 0 Å². The van der Waals surface area contributed by atoms with E-state index in [2.05, 4.69) is 12.2 Å². The number of pyridine rings is 1. The van der Waals surface area contributed by atoms with E-state index in [1.54, 1.807) is 6.08 Å². The van der Waals surface area contributed by atoms with Crippen LogP contribution in [0.25, 0.3) is 6.08 Å². The lowest BCUT2D eigenvalue weighted by Gasteiger charge is -2.04. The van der Waals surface area contributed by atoms with E-state index in [1.165, 1.54) is 18.5 Å². The van der Waals surface area contributed by atoms with Crippen LogP contribution in [0, 0.1) is 0 Å². The maximum atomic E-state index is 11.3. The normalized spacial score (nSPS) is 13.2. The third-order valence-corrected chi connectivity index (χ3v) is 2.21. The van der Waals surface area contributed by atoms with Gasteiger partial charge in [0.05, 0.1) is 6.20 Å². The summed E-state index contributed by atoms with van der Waals surface area (Å²) in [6.07, 6.45) is 7.19. The SMILES string of the molecule is CN[C@H](C)C/C=C/c1cn(O)ccc1=O. The summed E-state index contributed by atoms with van der Waals surface area (Å²) in [5.74, 6) is 0. The third-order valence-electron chi connectivity index (χ3n) is 2.21. The molecular weight excluding hydrogens is 192 g/mol. The number of hydrogen-bond donors (Lipinski definition) is 2. The summed E-state index contributed by atoms with van der Waals surface area (Å²) < 4.78 is 0.878. The molecule has 0 aliphatic carbocycles. The van der Waals surface area contributed by atoms with E-state index in [9.17, 15) is 4.79 Å². The van der Waals surface area contributed by atoms with Crippen LogP contribution in [0.2, 0.25) is 0 Å². The lowest BCUT2D eigenvalue weighted by Crippen LogP contribution is -2.19. The fraction of sp³-hybridized carbons (Fsp3) is 0.364. The van der Waals surface area contributed by atoms with Gasteiger partial charge in [-0.3, -0.25) is 4.79 Å². The molecule has 82 valence electrons. The van der Waals surface area contributed by atoms with E-state index in [4.69, 9.17) is 5.21 Å². The van der Waals surface area contributed by atoms with Crippen molar-refractivity contribution in [2.75, 3.05) is 7.05 Å². The average Bonchev–Trinajstić information content (AvgIpc) is 2.23. The molecule has 4 heteroatoms. The van der Waals surface area contributed by atoms with Gasteiger partial charge < -0.3 is 10.5 Å². The molecule has 0 saturated carbocycles. The molecule has 0 unspecified atom stereocenters. The average molecular weight is 208 g/mol. The number of aromatic nitrogens is 1. The van der Waals surface area contributed by atoms with Crippen molar-refractivity contribution in [3.8, 4) is 0 Å². The molecule has 0 aliphatic heterocycles. The van der Waals surface area contributed by atoms with Gasteiger partial charge in [-0.1, -0.05) is 12.2 Å². The molecule has 4 nitrogen and oxygen atoms in total. The van der Waals surface area contributed by atoms with Gasteiger partial charge >= 0.3 is 0 Å². The maximum absolute atomic E-state index is 11.3. The second kappa shape index (κ2) is 5.36. The van der Waals surface area contributed by atoms with E-state index in [-0.39, 0.29) is 5.43 Å². The fourth-order valence-electron chi connectivity index (χ4n) is 1.13. The monoisotopic (exact) mass is 208 g/mol. The molecule has 0 spiro atoms. The van der Waals surface area contributed by atoms with Gasteiger partial charge in [-0.2, -0.15) is 0 Å². The van der Waals surface area contributed by atoms with Crippen molar-refractivity contribution in [1.82, 2.24) is 10.0 Å². The minimum absolute atomic E-state index is 0.0892. The minimum Gasteiger partial charge on any atom is -0.429 e. The Morgan fingerprint density at radius 3 is 3.07 bits per heavy atom. The summed E-state index contributed by atoms with van der Waals surface area (Å²) in [5.41, 5.74) is 0.400. The van der Waals surface area contributed by atoms with E-state index in [1.807, 2.05) is 13.1 Å². The zero-order valence-electron chi connectivity index (χ0n) is 8.97. The smallest absolute Gasteiger partial charge is 0.189 e. The zero-order valence-corrected chi connectivity index (χ0v) is 8.97. The molecule has 0 aromatic carbocycles. The minimum atomic E-state index is -0.0892. The highest BCUT2D eigenvalue weighted by atomic mass is 16.5. The summed E-state index contributed by atoms with van der Waals surface area (Å²) in [6, 6.07) is 1.71. The van der Waals surface area contributed by atoms with Gasteiger partial charge in [0.1, 0.15) is 0 Å². The van der Waals surface area contributed by atoms with Crippen LogP contribution in [0.1, 0.15) is 18.9 Å². The van der Waals surface area contributed by atoms with E-state index in [0.29, 0.717) is 11.6 Å². The van der Waals surface area contributed by atoms with Crippen molar-refractivity contribution in [3.05, 3.63) is 40.3 Å². The third kappa shape index (κ3) is 3.59. The van der Waals surface area contributed by atoms with Crippen molar-refractivity contribution < 1.29 is 5.21 Å². The molecule has 0 fully saturated rings. The predicted octanol–water partition coefficient (Wildman–Crippen LogP) is 1.10. The largest absolute Gasteiger partial charge is 0.429 e. The van der Waals surface area contributed by atoms with Crippen molar-refractivity contribution in [2.45, 2.75) is 19.4 Å². The van der Waals surface area contributed by atoms with Gasteiger partial charge in [-0.15, -0.1) is 0 Å². The van der Waals surface area contributed by atoms with Crippen molar-refractivity contribution >= 4 is 6.08 Å². The highest BCUT2D eigenvalue weighted by molar-refractivity contribution is 5.47. The Labute approximate surface area is 88.8 Å². The van der Waals surface area contributed by atoms with Gasteiger partial charge in [0, 0.05) is 23.9 Å². The van der Waals surface area contributed by atoms with Crippen molar-refractivity contribution in [1.29, 1.82) is 0 Å². The first kappa shape index (κ1) is 11.5. The molecule has 0 bridgehead atoms. The van der Waals surface area contributed by atoms with Gasteiger partial charge in [0.2, 0.25) is 0 Å². The molecule has 1 atom stereocenters. The molecule has 1 aromatic heterocycles. The molecule has 0 aliphatic rings. The highest BCUT2D eigenvalue weighted by Gasteiger charge is 1.96. The van der Waals surface area contributed by atoms with Crippen LogP contribution in [0.15, 0.2) is 29.3 Å². The van der Waals surface area contributed by atoms with Gasteiger partial charge in [0.25, 0.3) is 0 Å². The zero-order chi connectivity index (χ0) is 11.3. The number of nitrogens with one attached hydrogen (secondary N) is 1. The maximum Gasteiger partial charge on any atom is 0.189 e. The summed E-state index contributed by atoms with van der Waals surface area (Å²) >= 11 is 0. The Morgan fingerprint density at radius 1 is 1.67 bits per heavy atom. The fourth-order valence-corrected chi connectivity index (χ4v) is 1.13. The molecule has 0 saturated heterocycles. The molecule has 0 radical (unpaired) electrons. The molecule has 1 rings (SSSR count). The quantitative estimate of drug-likeness (QED) is 0.728. The standard InChI is InChI=1S/C11H16N2O2/c1-9(12-2)4-3-5-10-8-13(15)7-6-11(10)14/h3,5-9,12,15H,4H2,1-2H3/b5-3+/t9-/m1/s1. The molecule has 2 N–H and O–H groups in total. The van der Waals surface area contributed by atoms with Crippen LogP contribution >= 0.6 is 0 Å². The van der Waals surface area contributed by atoms with Gasteiger partial charge in [0.15, 0.2) is 5.43 Å². The summed E-state index contributed by atoms with van der Waals surface area (Å²) in [4.78, 5) is 11.3. The van der Waals surface area contributed by atoms with Crippen LogP contribution in [0.4, 0.5) is 0 Å². The second-order valence-corrected chi connectivity index (χ2v) is 3.47.